The second-order valence-electron chi connectivity index (χ2n) is 4.73. The molecule has 6 heteroatoms. The molecule has 5 nitrogen and oxygen atoms in total. The summed E-state index contributed by atoms with van der Waals surface area (Å²) in [6.45, 7) is 2.91. The normalized spacial score (nSPS) is 11.7. The van der Waals surface area contributed by atoms with Crippen LogP contribution in [0.15, 0.2) is 33.9 Å². The molecule has 1 aromatic rings. The highest BCUT2D eigenvalue weighted by Crippen LogP contribution is 2.14. The summed E-state index contributed by atoms with van der Waals surface area (Å²) >= 11 is 3.44. The van der Waals surface area contributed by atoms with E-state index in [0.29, 0.717) is 26.4 Å². The zero-order valence-corrected chi connectivity index (χ0v) is 14.7. The number of hydrogen-bond acceptors (Lipinski definition) is 5. The van der Waals surface area contributed by atoms with Crippen molar-refractivity contribution in [2.45, 2.75) is 19.3 Å². The number of halogens is 1. The van der Waals surface area contributed by atoms with Gasteiger partial charge in [0, 0.05) is 24.7 Å². The first-order valence-electron chi connectivity index (χ1n) is 7.49. The first-order chi connectivity index (χ1) is 10.8. The number of ether oxygens (including phenoxy) is 2. The van der Waals surface area contributed by atoms with E-state index in [2.05, 4.69) is 21.1 Å². The van der Waals surface area contributed by atoms with Crippen LogP contribution in [0.4, 0.5) is 0 Å². The molecular weight excluding hydrogens is 348 g/mol. The third kappa shape index (κ3) is 8.48. The van der Waals surface area contributed by atoms with Crippen LogP contribution in [0.5, 0.6) is 0 Å². The lowest BCUT2D eigenvalue weighted by molar-refractivity contribution is 0.0689. The monoisotopic (exact) mass is 372 g/mol. The molecule has 0 aliphatic carbocycles. The van der Waals surface area contributed by atoms with E-state index in [1.54, 1.807) is 7.11 Å². The molecule has 0 aliphatic heterocycles. The van der Waals surface area contributed by atoms with Crippen LogP contribution >= 0.6 is 15.9 Å². The molecule has 0 aromatic heterocycles. The minimum absolute atomic E-state index is 0.431. The van der Waals surface area contributed by atoms with Gasteiger partial charge in [0.15, 0.2) is 0 Å². The van der Waals surface area contributed by atoms with Crippen LogP contribution in [0, 0.1) is 0 Å². The van der Waals surface area contributed by atoms with E-state index in [-0.39, 0.29) is 0 Å². The summed E-state index contributed by atoms with van der Waals surface area (Å²) < 4.78 is 11.4. The third-order valence-corrected chi connectivity index (χ3v) is 3.47. The smallest absolute Gasteiger partial charge is 0.129 e. The van der Waals surface area contributed by atoms with Crippen molar-refractivity contribution in [3.63, 3.8) is 0 Å². The Morgan fingerprint density at radius 2 is 1.86 bits per heavy atom. The van der Waals surface area contributed by atoms with Gasteiger partial charge in [-0.05, 0) is 37.0 Å². The number of oxime groups is 1. The number of nitrogens with two attached hydrogens (primary N) is 1. The SMILES string of the molecule is COCCOCCCCC(=NOCCN)c1ccc(Br)cc1. The lowest BCUT2D eigenvalue weighted by atomic mass is 10.1. The Labute approximate surface area is 140 Å². The molecule has 0 atom stereocenters. The molecule has 0 unspecified atom stereocenters. The summed E-state index contributed by atoms with van der Waals surface area (Å²) in [6, 6.07) is 8.07. The van der Waals surface area contributed by atoms with E-state index < -0.39 is 0 Å². The summed E-state index contributed by atoms with van der Waals surface area (Å²) in [5, 5.41) is 4.22. The fourth-order valence-electron chi connectivity index (χ4n) is 1.80. The Bertz CT molecular complexity index is 424. The predicted octanol–water partition coefficient (Wildman–Crippen LogP) is 2.96. The van der Waals surface area contributed by atoms with Crippen LogP contribution in [0.25, 0.3) is 0 Å². The summed E-state index contributed by atoms with van der Waals surface area (Å²) in [4.78, 5) is 5.24. The standard InChI is InChI=1S/C16H25BrN2O3/c1-20-12-13-21-10-3-2-4-16(19-22-11-9-18)14-5-7-15(17)8-6-14/h5-8H,2-4,9-13,18H2,1H3. The van der Waals surface area contributed by atoms with Gasteiger partial charge in [0.2, 0.25) is 0 Å². The summed E-state index contributed by atoms with van der Waals surface area (Å²) in [7, 11) is 1.67. The van der Waals surface area contributed by atoms with Gasteiger partial charge in [0.05, 0.1) is 18.9 Å². The summed E-state index contributed by atoms with van der Waals surface area (Å²) in [5.74, 6) is 0. The van der Waals surface area contributed by atoms with Crippen LogP contribution in [0.3, 0.4) is 0 Å². The van der Waals surface area contributed by atoms with Crippen LogP contribution in [-0.4, -0.2) is 45.8 Å². The average molecular weight is 373 g/mol. The molecule has 0 aliphatic rings. The lowest BCUT2D eigenvalue weighted by Gasteiger charge is -2.08. The highest BCUT2D eigenvalue weighted by atomic mass is 79.9. The molecule has 1 aromatic carbocycles. The Kier molecular flexibility index (Phi) is 10.9. The second-order valence-corrected chi connectivity index (χ2v) is 5.64. The lowest BCUT2D eigenvalue weighted by Crippen LogP contribution is -2.09. The number of rotatable bonds is 12. The highest BCUT2D eigenvalue weighted by molar-refractivity contribution is 9.10. The topological polar surface area (TPSA) is 66.1 Å². The molecule has 0 spiro atoms. The maximum Gasteiger partial charge on any atom is 0.129 e. The van der Waals surface area contributed by atoms with Gasteiger partial charge in [-0.25, -0.2) is 0 Å². The molecular formula is C16H25BrN2O3. The fourth-order valence-corrected chi connectivity index (χ4v) is 2.07. The van der Waals surface area contributed by atoms with Crippen molar-refractivity contribution in [3.8, 4) is 0 Å². The van der Waals surface area contributed by atoms with Crippen LogP contribution in [-0.2, 0) is 14.3 Å². The van der Waals surface area contributed by atoms with Gasteiger partial charge in [-0.2, -0.15) is 0 Å². The van der Waals surface area contributed by atoms with Gasteiger partial charge in [-0.15, -0.1) is 0 Å². The van der Waals surface area contributed by atoms with Gasteiger partial charge in [-0.3, -0.25) is 0 Å². The molecule has 0 bridgehead atoms. The van der Waals surface area contributed by atoms with Gasteiger partial charge in [-0.1, -0.05) is 33.2 Å². The van der Waals surface area contributed by atoms with E-state index in [1.807, 2.05) is 24.3 Å². The van der Waals surface area contributed by atoms with Crippen molar-refractivity contribution in [1.29, 1.82) is 0 Å². The minimum atomic E-state index is 0.431. The number of unbranched alkanes of at least 4 members (excludes halogenated alkanes) is 1. The van der Waals surface area contributed by atoms with Crippen molar-refractivity contribution in [3.05, 3.63) is 34.3 Å². The molecule has 0 amide bonds. The van der Waals surface area contributed by atoms with E-state index in [0.717, 1.165) is 41.6 Å². The number of hydrogen-bond donors (Lipinski definition) is 1. The molecule has 0 fully saturated rings. The Balaban J connectivity index is 2.42. The summed E-state index contributed by atoms with van der Waals surface area (Å²) in [5.41, 5.74) is 7.44. The van der Waals surface area contributed by atoms with Crippen molar-refractivity contribution in [2.24, 2.45) is 10.9 Å². The molecule has 0 heterocycles. The molecule has 0 saturated heterocycles. The van der Waals surface area contributed by atoms with E-state index in [4.69, 9.17) is 20.0 Å². The number of methoxy groups -OCH3 is 1. The van der Waals surface area contributed by atoms with E-state index in [9.17, 15) is 0 Å². The summed E-state index contributed by atoms with van der Waals surface area (Å²) in [6.07, 6.45) is 2.82. The molecule has 0 radical (unpaired) electrons. The van der Waals surface area contributed by atoms with E-state index in [1.165, 1.54) is 0 Å². The second kappa shape index (κ2) is 12.6. The first-order valence-corrected chi connectivity index (χ1v) is 8.28. The van der Waals surface area contributed by atoms with Crippen LogP contribution in [0.1, 0.15) is 24.8 Å². The maximum atomic E-state index is 5.46. The average Bonchev–Trinajstić information content (AvgIpc) is 2.53. The Morgan fingerprint density at radius 1 is 1.09 bits per heavy atom. The Hall–Kier alpha value is -0.950. The highest BCUT2D eigenvalue weighted by Gasteiger charge is 2.05. The number of nitrogens with zero attached hydrogens (tertiary/aromatic N) is 1. The van der Waals surface area contributed by atoms with Crippen molar-refractivity contribution in [1.82, 2.24) is 0 Å². The first kappa shape index (κ1) is 19.1. The van der Waals surface area contributed by atoms with Gasteiger partial charge >= 0.3 is 0 Å². The van der Waals surface area contributed by atoms with Gasteiger partial charge < -0.3 is 20.0 Å². The van der Waals surface area contributed by atoms with Crippen molar-refractivity contribution < 1.29 is 14.3 Å². The minimum Gasteiger partial charge on any atom is -0.394 e. The van der Waals surface area contributed by atoms with E-state index >= 15 is 0 Å². The van der Waals surface area contributed by atoms with Gasteiger partial charge in [0.25, 0.3) is 0 Å². The van der Waals surface area contributed by atoms with Crippen LogP contribution in [0.2, 0.25) is 0 Å². The molecule has 0 saturated carbocycles. The van der Waals surface area contributed by atoms with Crippen LogP contribution < -0.4 is 5.73 Å². The molecule has 1 rings (SSSR count). The van der Waals surface area contributed by atoms with Crippen molar-refractivity contribution in [2.75, 3.05) is 40.1 Å². The molecule has 124 valence electrons. The maximum absolute atomic E-state index is 5.46. The van der Waals surface area contributed by atoms with Gasteiger partial charge in [0.1, 0.15) is 6.61 Å². The molecule has 22 heavy (non-hydrogen) atoms. The fraction of sp³-hybridized carbons (Fsp3) is 0.562. The predicted molar refractivity (Wildman–Crippen MR) is 92.2 cm³/mol. The zero-order valence-electron chi connectivity index (χ0n) is 13.1. The quantitative estimate of drug-likeness (QED) is 0.348. The van der Waals surface area contributed by atoms with Crippen molar-refractivity contribution >= 4 is 21.6 Å². The largest absolute Gasteiger partial charge is 0.394 e. The number of benzene rings is 1. The Morgan fingerprint density at radius 3 is 2.55 bits per heavy atom. The molecule has 2 N–H and O–H groups in total. The third-order valence-electron chi connectivity index (χ3n) is 2.95. The zero-order chi connectivity index (χ0) is 16.0.